The average Bonchev–Trinajstić information content (AvgIpc) is 2.52. The van der Waals surface area contributed by atoms with Crippen molar-refractivity contribution in [3.8, 4) is 0 Å². The Morgan fingerprint density at radius 1 is 0.926 bits per heavy atom. The van der Waals surface area contributed by atoms with Crippen LogP contribution < -0.4 is 5.32 Å². The Hall–Kier alpha value is -2.14. The number of benzene rings is 1. The van der Waals surface area contributed by atoms with E-state index in [-0.39, 0.29) is 0 Å². The summed E-state index contributed by atoms with van der Waals surface area (Å²) in [7, 11) is 0. The molecule has 0 saturated carbocycles. The van der Waals surface area contributed by atoms with E-state index in [0.717, 1.165) is 12.1 Å². The molecule has 1 aromatic carbocycles. The number of anilines is 1. The summed E-state index contributed by atoms with van der Waals surface area (Å²) < 4.78 is 115. The highest BCUT2D eigenvalue weighted by Crippen LogP contribution is 2.41. The molecule has 2 atom stereocenters. The van der Waals surface area contributed by atoms with E-state index >= 15 is 0 Å². The van der Waals surface area contributed by atoms with Crippen molar-refractivity contribution in [3.63, 3.8) is 0 Å². The van der Waals surface area contributed by atoms with Crippen LogP contribution in [0.2, 0.25) is 0 Å². The third-order valence-corrected chi connectivity index (χ3v) is 4.10. The van der Waals surface area contributed by atoms with E-state index in [2.05, 4.69) is 0 Å². The first-order valence-corrected chi connectivity index (χ1v) is 7.54. The van der Waals surface area contributed by atoms with Crippen molar-refractivity contribution < 1.29 is 44.3 Å². The minimum atomic E-state index is -4.95. The summed E-state index contributed by atoms with van der Waals surface area (Å²) in [6.45, 7) is -2.03. The summed E-state index contributed by atoms with van der Waals surface area (Å²) in [5.41, 5.74) is -1.52. The molecule has 2 amide bonds. The van der Waals surface area contributed by atoms with Gasteiger partial charge in [-0.1, -0.05) is 6.07 Å². The summed E-state index contributed by atoms with van der Waals surface area (Å²) >= 11 is 0. The number of halogens is 9. The molecular formula is C15H13F9N2O. The van der Waals surface area contributed by atoms with E-state index in [0.29, 0.717) is 17.0 Å². The Balaban J connectivity index is 2.19. The molecule has 1 aliphatic heterocycles. The molecular weight excluding hydrogens is 395 g/mol. The number of hydrogen-bond acceptors (Lipinski definition) is 1. The molecule has 1 heterocycles. The number of amides is 2. The van der Waals surface area contributed by atoms with Crippen LogP contribution in [0.3, 0.4) is 0 Å². The number of nitrogens with one attached hydrogen (secondary N) is 1. The van der Waals surface area contributed by atoms with Gasteiger partial charge >= 0.3 is 24.6 Å². The first-order chi connectivity index (χ1) is 12.2. The first kappa shape index (κ1) is 21.2. The van der Waals surface area contributed by atoms with Crippen LogP contribution in [-0.2, 0) is 6.18 Å². The number of alkyl halides is 9. The Morgan fingerprint density at radius 2 is 1.44 bits per heavy atom. The first-order valence-electron chi connectivity index (χ1n) is 7.54. The molecule has 0 radical (unpaired) electrons. The second-order valence-electron chi connectivity index (χ2n) is 6.13. The van der Waals surface area contributed by atoms with Crippen LogP contribution in [0.5, 0.6) is 0 Å². The molecule has 0 bridgehead atoms. The molecule has 0 unspecified atom stereocenters. The van der Waals surface area contributed by atoms with Crippen LogP contribution in [0.25, 0.3) is 0 Å². The van der Waals surface area contributed by atoms with Gasteiger partial charge in [0.05, 0.1) is 17.4 Å². The molecule has 1 N–H and O–H groups in total. The lowest BCUT2D eigenvalue weighted by atomic mass is 9.88. The summed E-state index contributed by atoms with van der Waals surface area (Å²) in [5, 5.41) is 1.92. The maximum absolute atomic E-state index is 12.9. The number of urea groups is 1. The zero-order chi connectivity index (χ0) is 20.6. The van der Waals surface area contributed by atoms with E-state index < -0.39 is 67.2 Å². The largest absolute Gasteiger partial charge is 0.416 e. The predicted molar refractivity (Wildman–Crippen MR) is 75.7 cm³/mol. The van der Waals surface area contributed by atoms with Crippen LogP contribution in [0.15, 0.2) is 24.3 Å². The number of likely N-dealkylation sites (tertiary alicyclic amines) is 1. The molecule has 1 aliphatic rings. The normalized spacial score (nSPS) is 21.9. The fourth-order valence-corrected chi connectivity index (χ4v) is 2.72. The van der Waals surface area contributed by atoms with Crippen molar-refractivity contribution in [2.24, 2.45) is 11.8 Å². The summed E-state index contributed by atoms with van der Waals surface area (Å²) in [4.78, 5) is 12.4. The van der Waals surface area contributed by atoms with Crippen LogP contribution >= 0.6 is 0 Å². The van der Waals surface area contributed by atoms with Gasteiger partial charge < -0.3 is 10.2 Å². The van der Waals surface area contributed by atoms with E-state index in [1.54, 1.807) is 0 Å². The van der Waals surface area contributed by atoms with E-state index in [9.17, 15) is 44.3 Å². The van der Waals surface area contributed by atoms with Gasteiger partial charge in [0.25, 0.3) is 0 Å². The number of piperidine rings is 1. The van der Waals surface area contributed by atoms with E-state index in [4.69, 9.17) is 0 Å². The van der Waals surface area contributed by atoms with Crippen molar-refractivity contribution in [3.05, 3.63) is 29.8 Å². The smallest absolute Gasteiger partial charge is 0.323 e. The van der Waals surface area contributed by atoms with Gasteiger partial charge in [0.15, 0.2) is 0 Å². The highest BCUT2D eigenvalue weighted by Gasteiger charge is 2.52. The molecule has 0 aliphatic carbocycles. The van der Waals surface area contributed by atoms with Crippen LogP contribution in [0.1, 0.15) is 12.0 Å². The number of nitrogens with zero attached hydrogens (tertiary/aromatic N) is 1. The lowest BCUT2D eigenvalue weighted by Crippen LogP contribution is -2.52. The fraction of sp³-hybridized carbons (Fsp3) is 0.533. The highest BCUT2D eigenvalue weighted by atomic mass is 19.4. The molecule has 1 saturated heterocycles. The van der Waals surface area contributed by atoms with Crippen molar-refractivity contribution in [2.45, 2.75) is 24.9 Å². The van der Waals surface area contributed by atoms with Crippen molar-refractivity contribution in [1.29, 1.82) is 0 Å². The number of carbonyl (C=O) groups is 1. The maximum Gasteiger partial charge on any atom is 0.416 e. The molecule has 0 aromatic heterocycles. The second kappa shape index (κ2) is 7.12. The molecule has 12 heteroatoms. The van der Waals surface area contributed by atoms with Gasteiger partial charge in [-0.2, -0.15) is 39.5 Å². The quantitative estimate of drug-likeness (QED) is 0.629. The lowest BCUT2D eigenvalue weighted by molar-refractivity contribution is -0.226. The number of hydrogen-bond donors (Lipinski definition) is 1. The van der Waals surface area contributed by atoms with Gasteiger partial charge in [-0.05, 0) is 24.6 Å². The molecule has 27 heavy (non-hydrogen) atoms. The van der Waals surface area contributed by atoms with E-state index in [1.807, 2.05) is 5.32 Å². The minimum Gasteiger partial charge on any atom is -0.323 e. The van der Waals surface area contributed by atoms with Gasteiger partial charge in [-0.15, -0.1) is 0 Å². The van der Waals surface area contributed by atoms with Gasteiger partial charge in [0.1, 0.15) is 0 Å². The zero-order valence-electron chi connectivity index (χ0n) is 13.3. The fourth-order valence-electron chi connectivity index (χ4n) is 2.72. The van der Waals surface area contributed by atoms with Gasteiger partial charge in [0, 0.05) is 18.8 Å². The van der Waals surface area contributed by atoms with Crippen LogP contribution in [0, 0.1) is 11.8 Å². The van der Waals surface area contributed by atoms with Gasteiger partial charge in [-0.3, -0.25) is 0 Å². The zero-order valence-corrected chi connectivity index (χ0v) is 13.3. The third-order valence-electron chi connectivity index (χ3n) is 4.10. The Kier molecular flexibility index (Phi) is 5.58. The lowest BCUT2D eigenvalue weighted by Gasteiger charge is -2.39. The predicted octanol–water partition coefficient (Wildman–Crippen LogP) is 5.30. The molecule has 1 fully saturated rings. The monoisotopic (exact) mass is 408 g/mol. The van der Waals surface area contributed by atoms with Crippen LogP contribution in [0.4, 0.5) is 50.0 Å². The number of carbonyl (C=O) groups excluding carboxylic acids is 1. The van der Waals surface area contributed by atoms with Gasteiger partial charge in [0.2, 0.25) is 0 Å². The molecule has 2 rings (SSSR count). The molecule has 0 spiro atoms. The Morgan fingerprint density at radius 3 is 1.89 bits per heavy atom. The second-order valence-corrected chi connectivity index (χ2v) is 6.13. The minimum absolute atomic E-state index is 0.320. The molecule has 152 valence electrons. The van der Waals surface area contributed by atoms with Gasteiger partial charge in [-0.25, -0.2) is 4.79 Å². The topological polar surface area (TPSA) is 32.3 Å². The number of rotatable bonds is 1. The molecule has 1 aromatic rings. The highest BCUT2D eigenvalue weighted by molar-refractivity contribution is 5.89. The maximum atomic E-state index is 12.9. The van der Waals surface area contributed by atoms with Crippen LogP contribution in [-0.4, -0.2) is 36.4 Å². The Labute approximate surface area is 147 Å². The molecule has 3 nitrogen and oxygen atoms in total. The SMILES string of the molecule is O=C(Nc1cccc(C(F)(F)F)c1)N1C[C@H](C(F)(F)F)C[C@H](C(F)(F)F)C1. The summed E-state index contributed by atoms with van der Waals surface area (Å²) in [5.74, 6) is -4.77. The summed E-state index contributed by atoms with van der Waals surface area (Å²) in [6.07, 6.45) is -15.8. The van der Waals surface area contributed by atoms with Crippen molar-refractivity contribution in [1.82, 2.24) is 4.90 Å². The van der Waals surface area contributed by atoms with Crippen molar-refractivity contribution in [2.75, 3.05) is 18.4 Å². The van der Waals surface area contributed by atoms with E-state index in [1.165, 1.54) is 0 Å². The average molecular weight is 408 g/mol. The van der Waals surface area contributed by atoms with Crippen molar-refractivity contribution >= 4 is 11.7 Å². The third kappa shape index (κ3) is 5.42. The Bertz CT molecular complexity index is 659. The standard InChI is InChI=1S/C15H13F9N2O/c16-13(17,18)8-2-1-3-11(5-8)25-12(27)26-6-9(14(19,20)21)4-10(7-26)15(22,23)24/h1-3,5,9-10H,4,6-7H2,(H,25,27)/t9-,10+. The summed E-state index contributed by atoms with van der Waals surface area (Å²) in [6, 6.07) is 1.89.